The summed E-state index contributed by atoms with van der Waals surface area (Å²) in [5.41, 5.74) is 3.04. The fourth-order valence-electron chi connectivity index (χ4n) is 4.13. The highest BCUT2D eigenvalue weighted by Gasteiger charge is 2.15. The second-order valence-corrected chi connectivity index (χ2v) is 7.61. The van der Waals surface area contributed by atoms with Crippen LogP contribution in [0.5, 0.6) is 11.5 Å². The van der Waals surface area contributed by atoms with E-state index in [1.165, 1.54) is 37.7 Å². The Morgan fingerprint density at radius 2 is 1.62 bits per heavy atom. The minimum absolute atomic E-state index is 0.399. The Hall–Kier alpha value is -2.49. The van der Waals surface area contributed by atoms with Gasteiger partial charge in [-0.3, -0.25) is 4.79 Å². The molecule has 4 heteroatoms. The van der Waals surface area contributed by atoms with E-state index in [1.807, 2.05) is 18.2 Å². The monoisotopic (exact) mass is 395 g/mol. The summed E-state index contributed by atoms with van der Waals surface area (Å²) in [6, 6.07) is 14.3. The SMILES string of the molecule is CCN(CC)c1ccc(OCCOc2ccc(C3CCCCC3)cc2)c(C=O)c1. The number of ether oxygens (including phenoxy) is 2. The van der Waals surface area contributed by atoms with E-state index in [0.29, 0.717) is 30.4 Å². The topological polar surface area (TPSA) is 38.8 Å². The van der Waals surface area contributed by atoms with Crippen LogP contribution < -0.4 is 14.4 Å². The van der Waals surface area contributed by atoms with Crippen LogP contribution in [0.1, 0.15) is 67.8 Å². The van der Waals surface area contributed by atoms with E-state index in [4.69, 9.17) is 9.47 Å². The summed E-state index contributed by atoms with van der Waals surface area (Å²) in [6.45, 7) is 6.86. The number of benzene rings is 2. The van der Waals surface area contributed by atoms with Crippen LogP contribution in [-0.4, -0.2) is 32.6 Å². The molecule has 1 saturated carbocycles. The number of carbonyl (C=O) groups excluding carboxylic acids is 1. The summed E-state index contributed by atoms with van der Waals surface area (Å²) in [7, 11) is 0. The van der Waals surface area contributed by atoms with Crippen LogP contribution in [0, 0.1) is 0 Å². The van der Waals surface area contributed by atoms with Gasteiger partial charge in [0.05, 0.1) is 5.56 Å². The molecule has 4 nitrogen and oxygen atoms in total. The quantitative estimate of drug-likeness (QED) is 0.374. The van der Waals surface area contributed by atoms with Crippen molar-refractivity contribution in [1.82, 2.24) is 0 Å². The molecular weight excluding hydrogens is 362 g/mol. The number of hydrogen-bond acceptors (Lipinski definition) is 4. The fraction of sp³-hybridized carbons (Fsp3) is 0.480. The number of nitrogens with zero attached hydrogens (tertiary/aromatic N) is 1. The van der Waals surface area contributed by atoms with Gasteiger partial charge in [0, 0.05) is 18.8 Å². The predicted molar refractivity (Wildman–Crippen MR) is 119 cm³/mol. The molecule has 3 rings (SSSR count). The van der Waals surface area contributed by atoms with Gasteiger partial charge in [-0.15, -0.1) is 0 Å². The van der Waals surface area contributed by atoms with Crippen molar-refractivity contribution in [3.63, 3.8) is 0 Å². The van der Waals surface area contributed by atoms with Gasteiger partial charge < -0.3 is 14.4 Å². The normalized spacial score (nSPS) is 14.4. The molecule has 0 radical (unpaired) electrons. The Bertz CT molecular complexity index is 762. The Morgan fingerprint density at radius 1 is 0.931 bits per heavy atom. The Labute approximate surface area is 174 Å². The third-order valence-electron chi connectivity index (χ3n) is 5.82. The predicted octanol–water partition coefficient (Wildman–Crippen LogP) is 5.85. The fourth-order valence-corrected chi connectivity index (χ4v) is 4.13. The molecule has 0 unspecified atom stereocenters. The number of aldehydes is 1. The highest BCUT2D eigenvalue weighted by molar-refractivity contribution is 5.81. The molecule has 0 aromatic heterocycles. The zero-order chi connectivity index (χ0) is 20.5. The van der Waals surface area contributed by atoms with Crippen LogP contribution in [0.3, 0.4) is 0 Å². The second kappa shape index (κ2) is 10.9. The standard InChI is InChI=1S/C25H33NO3/c1-3-26(4-2)23-12-15-25(22(18-23)19-27)29-17-16-28-24-13-10-21(11-14-24)20-8-6-5-7-9-20/h10-15,18-20H,3-9,16-17H2,1-2H3. The van der Waals surface area contributed by atoms with E-state index >= 15 is 0 Å². The molecule has 0 amide bonds. The highest BCUT2D eigenvalue weighted by atomic mass is 16.5. The lowest BCUT2D eigenvalue weighted by Gasteiger charge is -2.22. The number of anilines is 1. The molecule has 156 valence electrons. The van der Waals surface area contributed by atoms with Gasteiger partial charge in [-0.05, 0) is 68.5 Å². The molecular formula is C25H33NO3. The minimum atomic E-state index is 0.399. The van der Waals surface area contributed by atoms with E-state index < -0.39 is 0 Å². The van der Waals surface area contributed by atoms with Crippen molar-refractivity contribution < 1.29 is 14.3 Å². The lowest BCUT2D eigenvalue weighted by molar-refractivity contribution is 0.111. The average Bonchev–Trinajstić information content (AvgIpc) is 2.79. The van der Waals surface area contributed by atoms with Crippen LogP contribution in [0.25, 0.3) is 0 Å². The molecule has 0 heterocycles. The first-order valence-electron chi connectivity index (χ1n) is 10.9. The largest absolute Gasteiger partial charge is 0.490 e. The molecule has 0 saturated heterocycles. The van der Waals surface area contributed by atoms with Crippen molar-refractivity contribution in [3.05, 3.63) is 53.6 Å². The third-order valence-corrected chi connectivity index (χ3v) is 5.82. The van der Waals surface area contributed by atoms with Gasteiger partial charge in [0.1, 0.15) is 24.7 Å². The second-order valence-electron chi connectivity index (χ2n) is 7.61. The zero-order valence-electron chi connectivity index (χ0n) is 17.7. The van der Waals surface area contributed by atoms with Crippen LogP contribution in [0.2, 0.25) is 0 Å². The molecule has 0 atom stereocenters. The van der Waals surface area contributed by atoms with Crippen LogP contribution in [0.4, 0.5) is 5.69 Å². The summed E-state index contributed by atoms with van der Waals surface area (Å²) in [5.74, 6) is 2.18. The van der Waals surface area contributed by atoms with E-state index in [0.717, 1.165) is 30.8 Å². The van der Waals surface area contributed by atoms with Crippen molar-refractivity contribution in [1.29, 1.82) is 0 Å². The van der Waals surface area contributed by atoms with Crippen LogP contribution >= 0.6 is 0 Å². The maximum Gasteiger partial charge on any atom is 0.153 e. The lowest BCUT2D eigenvalue weighted by Crippen LogP contribution is -2.22. The van der Waals surface area contributed by atoms with Crippen molar-refractivity contribution in [3.8, 4) is 11.5 Å². The van der Waals surface area contributed by atoms with E-state index in [9.17, 15) is 4.79 Å². The molecule has 1 aliphatic rings. The van der Waals surface area contributed by atoms with Crippen LogP contribution in [0.15, 0.2) is 42.5 Å². The van der Waals surface area contributed by atoms with Gasteiger partial charge in [-0.1, -0.05) is 31.4 Å². The van der Waals surface area contributed by atoms with E-state index in [1.54, 1.807) is 0 Å². The first-order valence-corrected chi connectivity index (χ1v) is 10.9. The molecule has 2 aromatic carbocycles. The molecule has 0 N–H and O–H groups in total. The number of hydrogen-bond donors (Lipinski definition) is 0. The summed E-state index contributed by atoms with van der Waals surface area (Å²) < 4.78 is 11.6. The minimum Gasteiger partial charge on any atom is -0.490 e. The molecule has 1 fully saturated rings. The first kappa shape index (κ1) is 21.2. The summed E-state index contributed by atoms with van der Waals surface area (Å²) >= 11 is 0. The van der Waals surface area contributed by atoms with Crippen molar-refractivity contribution in [2.24, 2.45) is 0 Å². The van der Waals surface area contributed by atoms with Crippen molar-refractivity contribution in [2.75, 3.05) is 31.2 Å². The summed E-state index contributed by atoms with van der Waals surface area (Å²) in [4.78, 5) is 13.7. The van der Waals surface area contributed by atoms with Gasteiger partial charge in [-0.25, -0.2) is 0 Å². The first-order chi connectivity index (χ1) is 14.2. The lowest BCUT2D eigenvalue weighted by atomic mass is 9.84. The summed E-state index contributed by atoms with van der Waals surface area (Å²) in [5, 5.41) is 0. The molecule has 1 aliphatic carbocycles. The van der Waals surface area contributed by atoms with Gasteiger partial charge in [0.2, 0.25) is 0 Å². The van der Waals surface area contributed by atoms with Crippen LogP contribution in [-0.2, 0) is 0 Å². The van der Waals surface area contributed by atoms with Gasteiger partial charge in [0.15, 0.2) is 6.29 Å². The maximum atomic E-state index is 11.5. The highest BCUT2D eigenvalue weighted by Crippen LogP contribution is 2.33. The van der Waals surface area contributed by atoms with Crippen molar-refractivity contribution in [2.45, 2.75) is 51.9 Å². The Balaban J connectivity index is 1.49. The summed E-state index contributed by atoms with van der Waals surface area (Å²) in [6.07, 6.45) is 7.53. The average molecular weight is 396 g/mol. The maximum absolute atomic E-state index is 11.5. The number of carbonyl (C=O) groups is 1. The molecule has 0 aliphatic heterocycles. The van der Waals surface area contributed by atoms with E-state index in [-0.39, 0.29) is 0 Å². The van der Waals surface area contributed by atoms with Gasteiger partial charge in [0.25, 0.3) is 0 Å². The molecule has 0 bridgehead atoms. The molecule has 0 spiro atoms. The third kappa shape index (κ3) is 5.75. The Kier molecular flexibility index (Phi) is 7.97. The van der Waals surface area contributed by atoms with E-state index in [2.05, 4.69) is 43.0 Å². The number of rotatable bonds is 10. The van der Waals surface area contributed by atoms with Gasteiger partial charge in [-0.2, -0.15) is 0 Å². The molecule has 29 heavy (non-hydrogen) atoms. The zero-order valence-corrected chi connectivity index (χ0v) is 17.7. The Morgan fingerprint density at radius 3 is 2.28 bits per heavy atom. The molecule has 2 aromatic rings. The van der Waals surface area contributed by atoms with Gasteiger partial charge >= 0.3 is 0 Å². The smallest absolute Gasteiger partial charge is 0.153 e. The van der Waals surface area contributed by atoms with Crippen molar-refractivity contribution >= 4 is 12.0 Å².